The molecule has 0 spiro atoms. The first kappa shape index (κ1) is 12.9. The van der Waals surface area contributed by atoms with Gasteiger partial charge in [-0.15, -0.1) is 0 Å². The summed E-state index contributed by atoms with van der Waals surface area (Å²) in [6.45, 7) is 3.93. The van der Waals surface area contributed by atoms with Gasteiger partial charge in [0.15, 0.2) is 5.92 Å². The van der Waals surface area contributed by atoms with Crippen molar-refractivity contribution in [2.24, 2.45) is 5.92 Å². The Bertz CT molecular complexity index is 189. The first-order valence-corrected chi connectivity index (χ1v) is 5.02. The SMILES string of the molecule is CCCCCC(C(=O)O)C(=O)OCC. The van der Waals surface area contributed by atoms with Crippen LogP contribution in [0, 0.1) is 5.92 Å². The summed E-state index contributed by atoms with van der Waals surface area (Å²) in [6.07, 6.45) is 3.09. The summed E-state index contributed by atoms with van der Waals surface area (Å²) in [5.41, 5.74) is 0. The van der Waals surface area contributed by atoms with Crippen LogP contribution in [0.1, 0.15) is 39.5 Å². The fraction of sp³-hybridized carbons (Fsp3) is 0.800. The maximum absolute atomic E-state index is 11.2. The van der Waals surface area contributed by atoms with E-state index in [-0.39, 0.29) is 6.61 Å². The second-order valence-corrected chi connectivity index (χ2v) is 3.14. The van der Waals surface area contributed by atoms with Crippen molar-refractivity contribution in [1.29, 1.82) is 0 Å². The third-order valence-electron chi connectivity index (χ3n) is 1.97. The molecule has 0 saturated heterocycles. The number of carboxylic acid groups (broad SMARTS) is 1. The van der Waals surface area contributed by atoms with Crippen molar-refractivity contribution in [3.05, 3.63) is 0 Å². The lowest BCUT2D eigenvalue weighted by atomic mass is 10.0. The largest absolute Gasteiger partial charge is 0.481 e. The van der Waals surface area contributed by atoms with Crippen molar-refractivity contribution in [2.45, 2.75) is 39.5 Å². The highest BCUT2D eigenvalue weighted by Crippen LogP contribution is 2.12. The van der Waals surface area contributed by atoms with E-state index in [1.54, 1.807) is 6.92 Å². The molecular formula is C10H18O4. The number of aliphatic carboxylic acids is 1. The molecule has 0 aliphatic heterocycles. The van der Waals surface area contributed by atoms with Crippen LogP contribution in [-0.4, -0.2) is 23.7 Å². The molecule has 0 fully saturated rings. The zero-order valence-corrected chi connectivity index (χ0v) is 8.78. The Morgan fingerprint density at radius 1 is 1.29 bits per heavy atom. The number of hydrogen-bond acceptors (Lipinski definition) is 3. The molecule has 0 rings (SSSR count). The topological polar surface area (TPSA) is 63.6 Å². The van der Waals surface area contributed by atoms with Gasteiger partial charge in [0.05, 0.1) is 6.61 Å². The Labute approximate surface area is 84.3 Å². The lowest BCUT2D eigenvalue weighted by Gasteiger charge is -2.10. The molecule has 0 aromatic heterocycles. The third kappa shape index (κ3) is 4.84. The second kappa shape index (κ2) is 7.35. The van der Waals surface area contributed by atoms with Crippen LogP contribution < -0.4 is 0 Å². The van der Waals surface area contributed by atoms with E-state index in [2.05, 4.69) is 4.74 Å². The number of hydrogen-bond donors (Lipinski definition) is 1. The Morgan fingerprint density at radius 2 is 1.93 bits per heavy atom. The minimum atomic E-state index is -1.08. The third-order valence-corrected chi connectivity index (χ3v) is 1.97. The lowest BCUT2D eigenvalue weighted by Crippen LogP contribution is -2.25. The van der Waals surface area contributed by atoms with Gasteiger partial charge in [-0.3, -0.25) is 9.59 Å². The summed E-state index contributed by atoms with van der Waals surface area (Å²) in [5, 5.41) is 8.77. The summed E-state index contributed by atoms with van der Waals surface area (Å²) >= 11 is 0. The summed E-state index contributed by atoms with van der Waals surface area (Å²) in [4.78, 5) is 21.9. The van der Waals surface area contributed by atoms with Crippen LogP contribution in [0.3, 0.4) is 0 Å². The van der Waals surface area contributed by atoms with Gasteiger partial charge in [-0.1, -0.05) is 26.2 Å². The van der Waals surface area contributed by atoms with Crippen LogP contribution >= 0.6 is 0 Å². The monoisotopic (exact) mass is 202 g/mol. The standard InChI is InChI=1S/C10H18O4/c1-3-5-6-7-8(9(11)12)10(13)14-4-2/h8H,3-7H2,1-2H3,(H,11,12). The molecule has 0 aromatic rings. The highest BCUT2D eigenvalue weighted by Gasteiger charge is 2.26. The number of rotatable bonds is 7. The quantitative estimate of drug-likeness (QED) is 0.388. The molecule has 0 aromatic carbocycles. The zero-order chi connectivity index (χ0) is 11.0. The molecule has 4 heteroatoms. The van der Waals surface area contributed by atoms with E-state index in [4.69, 9.17) is 5.11 Å². The van der Waals surface area contributed by atoms with Gasteiger partial charge in [0.2, 0.25) is 0 Å². The number of carboxylic acids is 1. The molecule has 0 saturated carbocycles. The van der Waals surface area contributed by atoms with Gasteiger partial charge in [0.25, 0.3) is 0 Å². The molecule has 1 N–H and O–H groups in total. The van der Waals surface area contributed by atoms with E-state index in [0.29, 0.717) is 6.42 Å². The fourth-order valence-corrected chi connectivity index (χ4v) is 1.18. The molecule has 0 heterocycles. The average molecular weight is 202 g/mol. The number of unbranched alkanes of at least 4 members (excludes halogenated alkanes) is 2. The smallest absolute Gasteiger partial charge is 0.320 e. The van der Waals surface area contributed by atoms with Crippen molar-refractivity contribution in [1.82, 2.24) is 0 Å². The maximum atomic E-state index is 11.2. The van der Waals surface area contributed by atoms with E-state index in [1.807, 2.05) is 6.92 Å². The summed E-state index contributed by atoms with van der Waals surface area (Å²) < 4.78 is 4.68. The zero-order valence-electron chi connectivity index (χ0n) is 8.78. The fourth-order valence-electron chi connectivity index (χ4n) is 1.18. The highest BCUT2D eigenvalue weighted by molar-refractivity contribution is 5.93. The molecule has 14 heavy (non-hydrogen) atoms. The van der Waals surface area contributed by atoms with Crippen molar-refractivity contribution in [2.75, 3.05) is 6.61 Å². The van der Waals surface area contributed by atoms with Crippen molar-refractivity contribution in [3.8, 4) is 0 Å². The number of ether oxygens (including phenoxy) is 1. The summed E-state index contributed by atoms with van der Waals surface area (Å²) in [6, 6.07) is 0. The molecule has 4 nitrogen and oxygen atoms in total. The number of carbonyl (C=O) groups is 2. The van der Waals surface area contributed by atoms with E-state index in [0.717, 1.165) is 19.3 Å². The van der Waals surface area contributed by atoms with Crippen molar-refractivity contribution >= 4 is 11.9 Å². The second-order valence-electron chi connectivity index (χ2n) is 3.14. The van der Waals surface area contributed by atoms with Gasteiger partial charge in [-0.25, -0.2) is 0 Å². The van der Waals surface area contributed by atoms with Crippen LogP contribution in [-0.2, 0) is 14.3 Å². The molecule has 1 unspecified atom stereocenters. The van der Waals surface area contributed by atoms with Gasteiger partial charge in [-0.2, -0.15) is 0 Å². The van der Waals surface area contributed by atoms with Gasteiger partial charge in [0, 0.05) is 0 Å². The van der Waals surface area contributed by atoms with Crippen molar-refractivity contribution in [3.63, 3.8) is 0 Å². The first-order chi connectivity index (χ1) is 6.63. The molecule has 0 amide bonds. The predicted octanol–water partition coefficient (Wildman–Crippen LogP) is 1.83. The van der Waals surface area contributed by atoms with Crippen LogP contribution in [0.4, 0.5) is 0 Å². The molecule has 82 valence electrons. The van der Waals surface area contributed by atoms with Crippen LogP contribution in [0.5, 0.6) is 0 Å². The van der Waals surface area contributed by atoms with E-state index < -0.39 is 17.9 Å². The summed E-state index contributed by atoms with van der Waals surface area (Å²) in [7, 11) is 0. The highest BCUT2D eigenvalue weighted by atomic mass is 16.5. The number of esters is 1. The molecular weight excluding hydrogens is 184 g/mol. The van der Waals surface area contributed by atoms with E-state index in [1.165, 1.54) is 0 Å². The average Bonchev–Trinajstić information content (AvgIpc) is 2.12. The van der Waals surface area contributed by atoms with Gasteiger partial charge in [-0.05, 0) is 13.3 Å². The van der Waals surface area contributed by atoms with Crippen LogP contribution in [0.2, 0.25) is 0 Å². The lowest BCUT2D eigenvalue weighted by molar-refractivity contribution is -0.158. The van der Waals surface area contributed by atoms with Crippen molar-refractivity contribution < 1.29 is 19.4 Å². The van der Waals surface area contributed by atoms with Gasteiger partial charge < -0.3 is 9.84 Å². The normalized spacial score (nSPS) is 12.1. The van der Waals surface area contributed by atoms with Gasteiger partial charge >= 0.3 is 11.9 Å². The van der Waals surface area contributed by atoms with E-state index in [9.17, 15) is 9.59 Å². The Kier molecular flexibility index (Phi) is 6.80. The van der Waals surface area contributed by atoms with Crippen LogP contribution in [0.25, 0.3) is 0 Å². The minimum Gasteiger partial charge on any atom is -0.481 e. The molecule has 0 aliphatic rings. The summed E-state index contributed by atoms with van der Waals surface area (Å²) in [5.74, 6) is -2.68. The number of carbonyl (C=O) groups excluding carboxylic acids is 1. The van der Waals surface area contributed by atoms with Crippen LogP contribution in [0.15, 0.2) is 0 Å². The molecule has 0 bridgehead atoms. The van der Waals surface area contributed by atoms with E-state index >= 15 is 0 Å². The molecule has 1 atom stereocenters. The molecule has 0 radical (unpaired) electrons. The predicted molar refractivity (Wildman–Crippen MR) is 51.9 cm³/mol. The Morgan fingerprint density at radius 3 is 2.36 bits per heavy atom. The van der Waals surface area contributed by atoms with Gasteiger partial charge in [0.1, 0.15) is 0 Å². The first-order valence-electron chi connectivity index (χ1n) is 5.02. The minimum absolute atomic E-state index is 0.233. The Balaban J connectivity index is 4.01. The maximum Gasteiger partial charge on any atom is 0.320 e. The Hall–Kier alpha value is -1.06. The molecule has 0 aliphatic carbocycles.